The number of nitrogens with one attached hydrogen (secondary N) is 1. The predicted octanol–water partition coefficient (Wildman–Crippen LogP) is 2.87. The maximum Gasteiger partial charge on any atom is 0.227 e. The van der Waals surface area contributed by atoms with Crippen molar-refractivity contribution in [2.45, 2.75) is 13.0 Å². The molecule has 3 rings (SSSR count). The molecule has 4 N–H and O–H groups in total. The minimum absolute atomic E-state index is 0.430. The van der Waals surface area contributed by atoms with E-state index in [0.717, 1.165) is 22.4 Å². The Morgan fingerprint density at radius 2 is 2.10 bits per heavy atom. The maximum atomic E-state index is 9.29. The van der Waals surface area contributed by atoms with Crippen molar-refractivity contribution >= 4 is 22.5 Å². The molecule has 0 aliphatic carbocycles. The molecule has 1 heterocycles. The summed E-state index contributed by atoms with van der Waals surface area (Å²) < 4.78 is 5.72. The molecule has 0 aliphatic rings. The molecule has 0 bridgehead atoms. The molecule has 21 heavy (non-hydrogen) atoms. The molecule has 0 saturated carbocycles. The van der Waals surface area contributed by atoms with Crippen LogP contribution in [0.1, 0.15) is 6.92 Å². The van der Waals surface area contributed by atoms with E-state index in [9.17, 15) is 5.11 Å². The summed E-state index contributed by atoms with van der Waals surface area (Å²) in [6, 6.07) is 13.2. The fourth-order valence-electron chi connectivity index (χ4n) is 2.11. The molecule has 0 amide bonds. The number of aromatic nitrogens is 1. The van der Waals surface area contributed by atoms with Crippen molar-refractivity contribution in [2.75, 3.05) is 17.6 Å². The molecular formula is C16H17N3O2. The van der Waals surface area contributed by atoms with Gasteiger partial charge in [0.15, 0.2) is 5.58 Å². The highest BCUT2D eigenvalue weighted by atomic mass is 16.3. The van der Waals surface area contributed by atoms with E-state index in [0.29, 0.717) is 18.1 Å². The molecule has 1 aromatic heterocycles. The number of anilines is 2. The Kier molecular flexibility index (Phi) is 3.50. The van der Waals surface area contributed by atoms with Gasteiger partial charge in [-0.2, -0.15) is 0 Å². The Bertz CT molecular complexity index is 732. The summed E-state index contributed by atoms with van der Waals surface area (Å²) in [7, 11) is 0. The van der Waals surface area contributed by atoms with Crippen LogP contribution in [0.5, 0.6) is 0 Å². The lowest BCUT2D eigenvalue weighted by atomic mass is 10.1. The minimum atomic E-state index is -0.430. The number of hydrogen-bond donors (Lipinski definition) is 3. The minimum Gasteiger partial charge on any atom is -0.436 e. The van der Waals surface area contributed by atoms with Crippen LogP contribution in [0.3, 0.4) is 0 Å². The zero-order valence-corrected chi connectivity index (χ0v) is 11.7. The van der Waals surface area contributed by atoms with Crippen molar-refractivity contribution in [3.05, 3.63) is 42.5 Å². The van der Waals surface area contributed by atoms with Gasteiger partial charge < -0.3 is 20.6 Å². The van der Waals surface area contributed by atoms with E-state index in [4.69, 9.17) is 10.2 Å². The van der Waals surface area contributed by atoms with Crippen LogP contribution in [-0.4, -0.2) is 22.7 Å². The summed E-state index contributed by atoms with van der Waals surface area (Å²) in [4.78, 5) is 4.45. The largest absolute Gasteiger partial charge is 0.436 e. The van der Waals surface area contributed by atoms with Crippen LogP contribution in [-0.2, 0) is 0 Å². The van der Waals surface area contributed by atoms with Gasteiger partial charge in [0.1, 0.15) is 5.52 Å². The summed E-state index contributed by atoms with van der Waals surface area (Å²) in [6.07, 6.45) is -0.430. The molecule has 108 valence electrons. The number of nitrogens with zero attached hydrogens (tertiary/aromatic N) is 1. The third-order valence-electron chi connectivity index (χ3n) is 3.18. The van der Waals surface area contributed by atoms with Crippen LogP contribution in [0, 0.1) is 0 Å². The number of aliphatic hydroxyl groups excluding tert-OH is 1. The monoisotopic (exact) mass is 283 g/mol. The van der Waals surface area contributed by atoms with E-state index in [1.54, 1.807) is 6.92 Å². The highest BCUT2D eigenvalue weighted by molar-refractivity contribution is 5.78. The maximum absolute atomic E-state index is 9.29. The average Bonchev–Trinajstić information content (AvgIpc) is 2.89. The Morgan fingerprint density at radius 3 is 2.81 bits per heavy atom. The van der Waals surface area contributed by atoms with E-state index in [-0.39, 0.29) is 0 Å². The van der Waals surface area contributed by atoms with Gasteiger partial charge in [-0.25, -0.2) is 4.98 Å². The molecule has 2 aromatic carbocycles. The average molecular weight is 283 g/mol. The van der Waals surface area contributed by atoms with E-state index in [1.807, 2.05) is 42.5 Å². The molecule has 0 radical (unpaired) electrons. The summed E-state index contributed by atoms with van der Waals surface area (Å²) in [6.45, 7) is 2.17. The third-order valence-corrected chi connectivity index (χ3v) is 3.18. The van der Waals surface area contributed by atoms with Crippen LogP contribution in [0.15, 0.2) is 46.9 Å². The number of fused-ring (bicyclic) bond motifs is 1. The Morgan fingerprint density at radius 1 is 1.29 bits per heavy atom. The first kappa shape index (κ1) is 13.5. The van der Waals surface area contributed by atoms with Crippen molar-refractivity contribution in [3.8, 4) is 11.5 Å². The van der Waals surface area contributed by atoms with Gasteiger partial charge in [-0.05, 0) is 37.3 Å². The SMILES string of the molecule is CC(O)CNc1ccc(-c2nc3ccccc3o2)cc1N. The highest BCUT2D eigenvalue weighted by Crippen LogP contribution is 2.28. The predicted molar refractivity (Wildman–Crippen MR) is 84.0 cm³/mol. The first-order valence-electron chi connectivity index (χ1n) is 6.81. The number of para-hydroxylation sites is 2. The number of oxazole rings is 1. The smallest absolute Gasteiger partial charge is 0.227 e. The van der Waals surface area contributed by atoms with Gasteiger partial charge in [0, 0.05) is 12.1 Å². The number of hydrogen-bond acceptors (Lipinski definition) is 5. The van der Waals surface area contributed by atoms with Gasteiger partial charge in [0.2, 0.25) is 5.89 Å². The van der Waals surface area contributed by atoms with E-state index >= 15 is 0 Å². The zero-order valence-electron chi connectivity index (χ0n) is 11.7. The molecule has 3 aromatic rings. The number of aliphatic hydroxyl groups is 1. The zero-order chi connectivity index (χ0) is 14.8. The van der Waals surface area contributed by atoms with Crippen molar-refractivity contribution in [1.29, 1.82) is 0 Å². The molecule has 5 nitrogen and oxygen atoms in total. The number of rotatable bonds is 4. The molecular weight excluding hydrogens is 266 g/mol. The third kappa shape index (κ3) is 2.83. The number of nitrogens with two attached hydrogens (primary N) is 1. The van der Waals surface area contributed by atoms with Crippen LogP contribution < -0.4 is 11.1 Å². The summed E-state index contributed by atoms with van der Waals surface area (Å²) in [5.41, 5.74) is 9.81. The highest BCUT2D eigenvalue weighted by Gasteiger charge is 2.09. The first-order valence-corrected chi connectivity index (χ1v) is 6.81. The fraction of sp³-hybridized carbons (Fsp3) is 0.188. The second kappa shape index (κ2) is 5.46. The number of benzene rings is 2. The second-order valence-electron chi connectivity index (χ2n) is 5.02. The quantitative estimate of drug-likeness (QED) is 0.641. The van der Waals surface area contributed by atoms with Crippen LogP contribution in [0.4, 0.5) is 11.4 Å². The fourth-order valence-corrected chi connectivity index (χ4v) is 2.11. The summed E-state index contributed by atoms with van der Waals surface area (Å²) in [5.74, 6) is 0.546. The molecule has 1 atom stereocenters. The normalized spacial score (nSPS) is 12.5. The van der Waals surface area contributed by atoms with Gasteiger partial charge in [-0.15, -0.1) is 0 Å². The standard InChI is InChI=1S/C16H17N3O2/c1-10(20)9-18-13-7-6-11(8-12(13)17)16-19-14-4-2-3-5-15(14)21-16/h2-8,10,18,20H,9,17H2,1H3. The van der Waals surface area contributed by atoms with Crippen molar-refractivity contribution in [3.63, 3.8) is 0 Å². The van der Waals surface area contributed by atoms with Crippen molar-refractivity contribution in [1.82, 2.24) is 4.98 Å². The lowest BCUT2D eigenvalue weighted by molar-refractivity contribution is 0.208. The lowest BCUT2D eigenvalue weighted by Crippen LogP contribution is -2.16. The summed E-state index contributed by atoms with van der Waals surface area (Å²) in [5, 5.41) is 12.4. The van der Waals surface area contributed by atoms with E-state index < -0.39 is 6.10 Å². The van der Waals surface area contributed by atoms with Crippen molar-refractivity contribution < 1.29 is 9.52 Å². The lowest BCUT2D eigenvalue weighted by Gasteiger charge is -2.11. The van der Waals surface area contributed by atoms with Gasteiger partial charge in [0.25, 0.3) is 0 Å². The van der Waals surface area contributed by atoms with Crippen LogP contribution in [0.25, 0.3) is 22.6 Å². The topological polar surface area (TPSA) is 84.3 Å². The van der Waals surface area contributed by atoms with Crippen LogP contribution >= 0.6 is 0 Å². The van der Waals surface area contributed by atoms with Gasteiger partial charge >= 0.3 is 0 Å². The molecule has 0 aliphatic heterocycles. The van der Waals surface area contributed by atoms with E-state index in [2.05, 4.69) is 10.3 Å². The molecule has 0 spiro atoms. The molecule has 1 unspecified atom stereocenters. The Labute approximate surface area is 122 Å². The molecule has 0 saturated heterocycles. The van der Waals surface area contributed by atoms with Gasteiger partial charge in [-0.3, -0.25) is 0 Å². The summed E-state index contributed by atoms with van der Waals surface area (Å²) >= 11 is 0. The number of nitrogen functional groups attached to an aromatic ring is 1. The second-order valence-corrected chi connectivity index (χ2v) is 5.02. The van der Waals surface area contributed by atoms with E-state index in [1.165, 1.54) is 0 Å². The van der Waals surface area contributed by atoms with Crippen LogP contribution in [0.2, 0.25) is 0 Å². The Balaban J connectivity index is 1.90. The van der Waals surface area contributed by atoms with Gasteiger partial charge in [-0.1, -0.05) is 12.1 Å². The Hall–Kier alpha value is -2.53. The van der Waals surface area contributed by atoms with Crippen molar-refractivity contribution in [2.24, 2.45) is 0 Å². The first-order chi connectivity index (χ1) is 10.1. The van der Waals surface area contributed by atoms with Gasteiger partial charge in [0.05, 0.1) is 17.5 Å². The molecule has 0 fully saturated rings. The molecule has 5 heteroatoms.